The van der Waals surface area contributed by atoms with Crippen molar-refractivity contribution >= 4 is 51.2 Å². The largest absolute Gasteiger partial charge is 0.456 e. The Balaban J connectivity index is 1.48. The van der Waals surface area contributed by atoms with E-state index in [0.29, 0.717) is 16.1 Å². The predicted molar refractivity (Wildman–Crippen MR) is 112 cm³/mol. The predicted octanol–water partition coefficient (Wildman–Crippen LogP) is 3.16. The average Bonchev–Trinajstić information content (AvgIpc) is 3.31. The van der Waals surface area contributed by atoms with E-state index in [2.05, 4.69) is 5.32 Å². The Bertz CT molecular complexity index is 989. The highest BCUT2D eigenvalue weighted by Gasteiger charge is 2.26. The summed E-state index contributed by atoms with van der Waals surface area (Å²) in [5.74, 6) is -1.86. The molecule has 3 N–H and O–H groups in total. The molecule has 0 atom stereocenters. The third-order valence-corrected chi connectivity index (χ3v) is 6.86. The average molecular weight is 435 g/mol. The lowest BCUT2D eigenvalue weighted by molar-refractivity contribution is -0.147. The third-order valence-electron chi connectivity index (χ3n) is 4.68. The maximum Gasteiger partial charge on any atom is 0.306 e. The quantitative estimate of drug-likeness (QED) is 0.489. The van der Waals surface area contributed by atoms with E-state index in [0.717, 1.165) is 39.5 Å². The third kappa shape index (κ3) is 4.91. The first-order valence-electron chi connectivity index (χ1n) is 9.26. The summed E-state index contributed by atoms with van der Waals surface area (Å²) in [5, 5.41) is 3.02. The Kier molecular flexibility index (Phi) is 6.49. The summed E-state index contributed by atoms with van der Waals surface area (Å²) in [7, 11) is 0. The highest BCUT2D eigenvalue weighted by Crippen LogP contribution is 2.38. The van der Waals surface area contributed by atoms with E-state index in [9.17, 15) is 19.2 Å². The van der Waals surface area contributed by atoms with Crippen molar-refractivity contribution in [3.8, 4) is 0 Å². The molecule has 0 bridgehead atoms. The van der Waals surface area contributed by atoms with Crippen molar-refractivity contribution in [2.24, 2.45) is 5.73 Å². The molecule has 0 fully saturated rings. The van der Waals surface area contributed by atoms with Crippen LogP contribution in [-0.4, -0.2) is 30.2 Å². The zero-order chi connectivity index (χ0) is 21.1. The van der Waals surface area contributed by atoms with Crippen LogP contribution >= 0.6 is 22.7 Å². The molecule has 3 rings (SSSR count). The smallest absolute Gasteiger partial charge is 0.306 e. The molecule has 1 aliphatic carbocycles. The fourth-order valence-electron chi connectivity index (χ4n) is 3.39. The topological polar surface area (TPSA) is 116 Å². The maximum absolute atomic E-state index is 12.2. The summed E-state index contributed by atoms with van der Waals surface area (Å²) in [6.45, 7) is 3.31. The number of hydrogen-bond acceptors (Lipinski definition) is 7. The van der Waals surface area contributed by atoms with Crippen LogP contribution in [-0.2, 0) is 27.2 Å². The van der Waals surface area contributed by atoms with Gasteiger partial charge in [-0.15, -0.1) is 22.7 Å². The summed E-state index contributed by atoms with van der Waals surface area (Å²) in [6, 6.07) is 1.82. The molecule has 2 aromatic heterocycles. The number of anilines is 1. The molecule has 29 heavy (non-hydrogen) atoms. The van der Waals surface area contributed by atoms with Gasteiger partial charge < -0.3 is 15.8 Å². The molecule has 154 valence electrons. The molecule has 0 unspecified atom stereocenters. The summed E-state index contributed by atoms with van der Waals surface area (Å²) in [4.78, 5) is 51.0. The lowest BCUT2D eigenvalue weighted by atomic mass is 10.1. The van der Waals surface area contributed by atoms with Crippen molar-refractivity contribution in [3.05, 3.63) is 37.4 Å². The summed E-state index contributed by atoms with van der Waals surface area (Å²) < 4.78 is 4.96. The van der Waals surface area contributed by atoms with Crippen LogP contribution in [0.5, 0.6) is 0 Å². The Morgan fingerprint density at radius 1 is 1.14 bits per heavy atom. The van der Waals surface area contributed by atoms with E-state index in [-0.39, 0.29) is 18.6 Å². The van der Waals surface area contributed by atoms with Crippen LogP contribution in [0.25, 0.3) is 0 Å². The molecule has 0 spiro atoms. The minimum absolute atomic E-state index is 0.0287. The number of esters is 1. The zero-order valence-electron chi connectivity index (χ0n) is 16.3. The number of carbonyl (C=O) groups excluding carboxylic acids is 4. The second kappa shape index (κ2) is 8.87. The van der Waals surface area contributed by atoms with Crippen LogP contribution in [0, 0.1) is 13.8 Å². The molecule has 1 aliphatic rings. The van der Waals surface area contributed by atoms with Crippen LogP contribution in [0.2, 0.25) is 0 Å². The molecule has 2 heterocycles. The number of ketones is 1. The summed E-state index contributed by atoms with van der Waals surface area (Å²) in [5.41, 5.74) is 7.35. The van der Waals surface area contributed by atoms with Gasteiger partial charge in [-0.2, -0.15) is 0 Å². The Morgan fingerprint density at radius 2 is 1.90 bits per heavy atom. The molecule has 2 amide bonds. The van der Waals surface area contributed by atoms with Gasteiger partial charge in [-0.05, 0) is 44.7 Å². The second-order valence-electron chi connectivity index (χ2n) is 6.88. The van der Waals surface area contributed by atoms with Gasteiger partial charge in [-0.1, -0.05) is 0 Å². The van der Waals surface area contributed by atoms with E-state index >= 15 is 0 Å². The number of primary amides is 1. The number of thiophene rings is 2. The van der Waals surface area contributed by atoms with Crippen LogP contribution in [0.3, 0.4) is 0 Å². The molecule has 2 aromatic rings. The van der Waals surface area contributed by atoms with Gasteiger partial charge in [0.2, 0.25) is 0 Å². The van der Waals surface area contributed by atoms with Crippen LogP contribution < -0.4 is 11.1 Å². The molecule has 0 aromatic carbocycles. The number of Topliss-reactive ketones (excluding diaryl/α,β-unsaturated/α-hetero) is 1. The summed E-state index contributed by atoms with van der Waals surface area (Å²) in [6.07, 6.45) is 2.53. The standard InChI is InChI=1S/C20H22N2O5S2/c1-10-8-13(11(2)28-10)14(23)6-7-17(25)27-9-16(24)22-20-18(19(21)26)12-4-3-5-15(12)29-20/h8H,3-7,9H2,1-2H3,(H2,21,26)(H,22,24). The number of hydrogen-bond donors (Lipinski definition) is 2. The van der Waals surface area contributed by atoms with Gasteiger partial charge in [-0.25, -0.2) is 0 Å². The van der Waals surface area contributed by atoms with Gasteiger partial charge in [-0.3, -0.25) is 19.2 Å². The second-order valence-corrected chi connectivity index (χ2v) is 9.45. The van der Waals surface area contributed by atoms with Crippen molar-refractivity contribution < 1.29 is 23.9 Å². The zero-order valence-corrected chi connectivity index (χ0v) is 17.9. The van der Waals surface area contributed by atoms with E-state index < -0.39 is 24.4 Å². The molecule has 0 saturated carbocycles. The van der Waals surface area contributed by atoms with Crippen LogP contribution in [0.1, 0.15) is 60.2 Å². The van der Waals surface area contributed by atoms with Crippen molar-refractivity contribution in [2.75, 3.05) is 11.9 Å². The Labute approximate surface area is 176 Å². The van der Waals surface area contributed by atoms with Gasteiger partial charge in [0.1, 0.15) is 5.00 Å². The molecular formula is C20H22N2O5S2. The van der Waals surface area contributed by atoms with Crippen molar-refractivity contribution in [1.29, 1.82) is 0 Å². The fraction of sp³-hybridized carbons (Fsp3) is 0.400. The van der Waals surface area contributed by atoms with Gasteiger partial charge in [0.15, 0.2) is 12.4 Å². The van der Waals surface area contributed by atoms with Crippen molar-refractivity contribution in [3.63, 3.8) is 0 Å². The van der Waals surface area contributed by atoms with Gasteiger partial charge in [0.25, 0.3) is 11.8 Å². The molecular weight excluding hydrogens is 412 g/mol. The molecule has 0 aliphatic heterocycles. The van der Waals surface area contributed by atoms with E-state index in [1.54, 1.807) is 0 Å². The van der Waals surface area contributed by atoms with Crippen molar-refractivity contribution in [1.82, 2.24) is 0 Å². The first-order chi connectivity index (χ1) is 13.8. The first-order valence-corrected chi connectivity index (χ1v) is 10.9. The lowest BCUT2D eigenvalue weighted by Gasteiger charge is -2.07. The lowest BCUT2D eigenvalue weighted by Crippen LogP contribution is -2.23. The van der Waals surface area contributed by atoms with Crippen LogP contribution in [0.15, 0.2) is 6.07 Å². The van der Waals surface area contributed by atoms with E-state index in [4.69, 9.17) is 10.5 Å². The molecule has 9 heteroatoms. The fourth-order valence-corrected chi connectivity index (χ4v) is 5.65. The van der Waals surface area contributed by atoms with Crippen LogP contribution in [0.4, 0.5) is 5.00 Å². The minimum atomic E-state index is -0.623. The number of rotatable bonds is 8. The van der Waals surface area contributed by atoms with Gasteiger partial charge in [0, 0.05) is 26.6 Å². The van der Waals surface area contributed by atoms with Gasteiger partial charge >= 0.3 is 5.97 Å². The normalized spacial score (nSPS) is 12.5. The number of amides is 2. The van der Waals surface area contributed by atoms with E-state index in [1.807, 2.05) is 19.9 Å². The SMILES string of the molecule is Cc1cc(C(=O)CCC(=O)OCC(=O)Nc2sc3c(c2C(N)=O)CCC3)c(C)s1. The molecule has 7 nitrogen and oxygen atoms in total. The monoisotopic (exact) mass is 434 g/mol. The van der Waals surface area contributed by atoms with E-state index in [1.165, 1.54) is 22.7 Å². The maximum atomic E-state index is 12.2. The van der Waals surface area contributed by atoms with Gasteiger partial charge in [0.05, 0.1) is 12.0 Å². The molecule has 0 radical (unpaired) electrons. The van der Waals surface area contributed by atoms with Crippen molar-refractivity contribution in [2.45, 2.75) is 46.0 Å². The number of carbonyl (C=O) groups is 4. The summed E-state index contributed by atoms with van der Waals surface area (Å²) >= 11 is 2.87. The highest BCUT2D eigenvalue weighted by molar-refractivity contribution is 7.17. The minimum Gasteiger partial charge on any atom is -0.456 e. The highest BCUT2D eigenvalue weighted by atomic mass is 32.1. The number of ether oxygens (including phenoxy) is 1. The Hall–Kier alpha value is -2.52. The number of fused-ring (bicyclic) bond motifs is 1. The molecule has 0 saturated heterocycles. The Morgan fingerprint density at radius 3 is 2.55 bits per heavy atom. The number of nitrogens with two attached hydrogens (primary N) is 1. The first kappa shape index (κ1) is 21.2. The number of nitrogens with one attached hydrogen (secondary N) is 1. The number of aryl methyl sites for hydroxylation is 3.